The van der Waals surface area contributed by atoms with Gasteiger partial charge in [-0.2, -0.15) is 0 Å². The summed E-state index contributed by atoms with van der Waals surface area (Å²) < 4.78 is 30.4. The summed E-state index contributed by atoms with van der Waals surface area (Å²) >= 11 is 0. The zero-order valence-corrected chi connectivity index (χ0v) is 22.3. The van der Waals surface area contributed by atoms with Gasteiger partial charge in [0.25, 0.3) is 0 Å². The van der Waals surface area contributed by atoms with Crippen molar-refractivity contribution in [3.8, 4) is 0 Å². The van der Waals surface area contributed by atoms with E-state index in [1.807, 2.05) is 26.8 Å². The van der Waals surface area contributed by atoms with Crippen LogP contribution in [0.25, 0.3) is 0 Å². The second-order valence-electron chi connectivity index (χ2n) is 11.1. The Labute approximate surface area is 217 Å². The Morgan fingerprint density at radius 1 is 0.865 bits per heavy atom. The number of carbonyl (C=O) groups excluding carboxylic acids is 4. The molecule has 0 unspecified atom stereocenters. The van der Waals surface area contributed by atoms with Crippen molar-refractivity contribution in [1.29, 1.82) is 0 Å². The number of carbonyl (C=O) groups is 4. The molecule has 1 spiro atoms. The Bertz CT molecular complexity index is 1070. The van der Waals surface area contributed by atoms with Gasteiger partial charge in [0.05, 0.1) is 23.2 Å². The van der Waals surface area contributed by atoms with Gasteiger partial charge in [0, 0.05) is 32.6 Å². The monoisotopic (exact) mass is 516 g/mol. The van der Waals surface area contributed by atoms with Crippen molar-refractivity contribution in [3.05, 3.63) is 35.9 Å². The maximum absolute atomic E-state index is 13.3. The number of benzene rings is 1. The summed E-state index contributed by atoms with van der Waals surface area (Å²) in [6.07, 6.45) is -0.899. The molecule has 0 radical (unpaired) electrons. The zero-order chi connectivity index (χ0) is 27.2. The summed E-state index contributed by atoms with van der Waals surface area (Å²) in [7, 11) is 0. The van der Waals surface area contributed by atoms with Gasteiger partial charge in [0.2, 0.25) is 0 Å². The summed E-state index contributed by atoms with van der Waals surface area (Å²) in [5.74, 6) is -2.63. The lowest BCUT2D eigenvalue weighted by molar-refractivity contribution is -0.292. The summed E-state index contributed by atoms with van der Waals surface area (Å²) in [6, 6.07) is 8.67. The van der Waals surface area contributed by atoms with Gasteiger partial charge >= 0.3 is 23.9 Å². The Kier molecular flexibility index (Phi) is 7.14. The molecule has 37 heavy (non-hydrogen) atoms. The highest BCUT2D eigenvalue weighted by atomic mass is 16.6. The van der Waals surface area contributed by atoms with Gasteiger partial charge in [-0.25, -0.2) is 4.79 Å². The largest absolute Gasteiger partial charge is 0.465 e. The molecule has 1 aromatic rings. The third-order valence-electron chi connectivity index (χ3n) is 8.49. The normalized spacial score (nSPS) is 35.6. The van der Waals surface area contributed by atoms with E-state index in [0.717, 1.165) is 0 Å². The van der Waals surface area contributed by atoms with Crippen molar-refractivity contribution in [2.24, 2.45) is 17.3 Å². The predicted octanol–water partition coefficient (Wildman–Crippen LogP) is 3.62. The number of rotatable bonds is 6. The first-order valence-electron chi connectivity index (χ1n) is 12.8. The van der Waals surface area contributed by atoms with Gasteiger partial charge in [0.1, 0.15) is 23.9 Å². The topological polar surface area (TPSA) is 114 Å². The lowest BCUT2D eigenvalue weighted by Gasteiger charge is -2.61. The predicted molar refractivity (Wildman–Crippen MR) is 130 cm³/mol. The summed E-state index contributed by atoms with van der Waals surface area (Å²) in [4.78, 5) is 49.7. The van der Waals surface area contributed by atoms with Crippen molar-refractivity contribution in [2.75, 3.05) is 6.61 Å². The van der Waals surface area contributed by atoms with Crippen molar-refractivity contribution < 1.29 is 42.9 Å². The van der Waals surface area contributed by atoms with Crippen LogP contribution in [0.4, 0.5) is 0 Å². The fourth-order valence-corrected chi connectivity index (χ4v) is 6.96. The Balaban J connectivity index is 1.87. The summed E-state index contributed by atoms with van der Waals surface area (Å²) in [5.41, 5.74) is -2.75. The molecule has 1 heterocycles. The molecule has 3 aliphatic rings. The molecule has 2 bridgehead atoms. The highest BCUT2D eigenvalue weighted by molar-refractivity contribution is 5.89. The van der Waals surface area contributed by atoms with E-state index in [0.29, 0.717) is 24.8 Å². The van der Waals surface area contributed by atoms with Crippen LogP contribution in [0.2, 0.25) is 0 Å². The van der Waals surface area contributed by atoms with Gasteiger partial charge in [0.15, 0.2) is 0 Å². The molecule has 7 atom stereocenters. The Hall–Kier alpha value is -2.94. The average molecular weight is 517 g/mol. The third-order valence-corrected chi connectivity index (χ3v) is 8.49. The minimum atomic E-state index is -1.25. The first kappa shape index (κ1) is 27.1. The van der Waals surface area contributed by atoms with Gasteiger partial charge in [-0.15, -0.1) is 0 Å². The molecule has 202 valence electrons. The molecule has 3 fully saturated rings. The standard InChI is InChI=1S/C28H36O9/c1-16(29)33-15-20-12-13-22(34-17(2)30)27(6)23(36-25(32)19-10-8-7-9-11-19)14-21-24(35-18(3)31)28(20,27)37-26(21,4)5/h7-11,20-24H,12-15H2,1-6H3/t20-,21+,22-,23-,24-,27-,28+/m0/s1. The number of ether oxygens (including phenoxy) is 5. The second kappa shape index (κ2) is 9.74. The maximum Gasteiger partial charge on any atom is 0.338 e. The van der Waals surface area contributed by atoms with Crippen molar-refractivity contribution in [2.45, 2.75) is 90.3 Å². The van der Waals surface area contributed by atoms with Crippen LogP contribution in [0.15, 0.2) is 30.3 Å². The van der Waals surface area contributed by atoms with Crippen LogP contribution >= 0.6 is 0 Å². The number of hydrogen-bond donors (Lipinski definition) is 0. The van der Waals surface area contributed by atoms with Gasteiger partial charge in [-0.3, -0.25) is 14.4 Å². The third kappa shape index (κ3) is 4.51. The molecule has 0 aromatic heterocycles. The van der Waals surface area contributed by atoms with Crippen LogP contribution in [-0.2, 0) is 38.1 Å². The molecule has 0 amide bonds. The quantitative estimate of drug-likeness (QED) is 0.413. The van der Waals surface area contributed by atoms with Gasteiger partial charge < -0.3 is 23.7 Å². The van der Waals surface area contributed by atoms with Crippen LogP contribution in [0.1, 0.15) is 71.2 Å². The van der Waals surface area contributed by atoms with E-state index in [1.54, 1.807) is 24.3 Å². The molecule has 4 rings (SSSR count). The SMILES string of the molecule is CC(=O)OC[C@@H]1CC[C@H](OC(C)=O)[C@@]2(C)[C@@H](OC(=O)c3ccccc3)C[C@@H]3[C@H](OC(C)=O)[C@]12OC3(C)C. The van der Waals surface area contributed by atoms with E-state index in [4.69, 9.17) is 23.7 Å². The highest BCUT2D eigenvalue weighted by Gasteiger charge is 2.79. The van der Waals surface area contributed by atoms with E-state index < -0.39 is 64.7 Å². The molecular formula is C28H36O9. The van der Waals surface area contributed by atoms with Crippen LogP contribution in [-0.4, -0.2) is 60.0 Å². The second-order valence-corrected chi connectivity index (χ2v) is 11.1. The van der Waals surface area contributed by atoms with Crippen LogP contribution in [0.5, 0.6) is 0 Å². The fourth-order valence-electron chi connectivity index (χ4n) is 6.96. The number of fused-ring (bicyclic) bond motifs is 1. The number of esters is 4. The molecule has 1 saturated heterocycles. The first-order valence-corrected chi connectivity index (χ1v) is 12.8. The zero-order valence-electron chi connectivity index (χ0n) is 22.3. The average Bonchev–Trinajstić information content (AvgIpc) is 2.98. The van der Waals surface area contributed by atoms with E-state index in [1.165, 1.54) is 20.8 Å². The van der Waals surface area contributed by atoms with Crippen molar-refractivity contribution in [3.63, 3.8) is 0 Å². The van der Waals surface area contributed by atoms with Crippen LogP contribution < -0.4 is 0 Å². The maximum atomic E-state index is 13.3. The smallest absolute Gasteiger partial charge is 0.338 e. The molecule has 0 N–H and O–H groups in total. The molecule has 1 aromatic carbocycles. The highest BCUT2D eigenvalue weighted by Crippen LogP contribution is 2.67. The summed E-state index contributed by atoms with van der Waals surface area (Å²) in [5, 5.41) is 0. The fraction of sp³-hybridized carbons (Fsp3) is 0.643. The van der Waals surface area contributed by atoms with E-state index in [-0.39, 0.29) is 12.5 Å². The Morgan fingerprint density at radius 2 is 1.51 bits per heavy atom. The van der Waals surface area contributed by atoms with Crippen LogP contribution in [0, 0.1) is 17.3 Å². The first-order chi connectivity index (χ1) is 17.3. The lowest BCUT2D eigenvalue weighted by Crippen LogP contribution is -2.74. The minimum absolute atomic E-state index is 0.0254. The van der Waals surface area contributed by atoms with E-state index in [2.05, 4.69) is 0 Å². The molecule has 2 aliphatic carbocycles. The minimum Gasteiger partial charge on any atom is -0.465 e. The van der Waals surface area contributed by atoms with Gasteiger partial charge in [-0.1, -0.05) is 18.2 Å². The van der Waals surface area contributed by atoms with Crippen LogP contribution in [0.3, 0.4) is 0 Å². The Morgan fingerprint density at radius 3 is 2.11 bits per heavy atom. The molecule has 9 heteroatoms. The molecule has 2 saturated carbocycles. The van der Waals surface area contributed by atoms with Crippen molar-refractivity contribution in [1.82, 2.24) is 0 Å². The van der Waals surface area contributed by atoms with Crippen molar-refractivity contribution >= 4 is 23.9 Å². The number of hydrogen-bond acceptors (Lipinski definition) is 9. The van der Waals surface area contributed by atoms with Gasteiger partial charge in [-0.05, 0) is 52.2 Å². The molecular weight excluding hydrogens is 480 g/mol. The molecule has 1 aliphatic heterocycles. The van der Waals surface area contributed by atoms with E-state index >= 15 is 0 Å². The lowest BCUT2D eigenvalue weighted by atomic mass is 9.48. The van der Waals surface area contributed by atoms with E-state index in [9.17, 15) is 19.2 Å². The molecule has 9 nitrogen and oxygen atoms in total. The summed E-state index contributed by atoms with van der Waals surface area (Å²) in [6.45, 7) is 9.75.